The van der Waals surface area contributed by atoms with E-state index < -0.39 is 23.8 Å². The lowest BCUT2D eigenvalue weighted by molar-refractivity contribution is 0.420. The van der Waals surface area contributed by atoms with E-state index in [2.05, 4.69) is 0 Å². The van der Waals surface area contributed by atoms with Crippen molar-refractivity contribution < 1.29 is 16.8 Å². The number of hydrogen-bond donors (Lipinski definition) is 0. The number of sulfone groups is 2. The van der Waals surface area contributed by atoms with Gasteiger partial charge in [0, 0.05) is 12.5 Å². The molecule has 72 valence electrons. The third-order valence-corrected chi connectivity index (χ3v) is 7.80. The fraction of sp³-hybridized carbons (Fsp3) is 1.00. The molecule has 6 heteroatoms. The predicted molar refractivity (Wildman–Crippen MR) is 46.3 cm³/mol. The molecule has 4 nitrogen and oxygen atoms in total. The molecule has 0 heterocycles. The van der Waals surface area contributed by atoms with E-state index in [9.17, 15) is 16.8 Å². The van der Waals surface area contributed by atoms with Crippen molar-refractivity contribution in [1.82, 2.24) is 0 Å². The Kier molecular flexibility index (Phi) is 2.03. The van der Waals surface area contributed by atoms with Crippen LogP contribution in [0.1, 0.15) is 19.3 Å². The fourth-order valence-electron chi connectivity index (χ4n) is 1.48. The predicted octanol–water partition coefficient (Wildman–Crippen LogP) is -0.0442. The quantitative estimate of drug-likeness (QED) is 0.644. The van der Waals surface area contributed by atoms with Crippen molar-refractivity contribution in [3.8, 4) is 0 Å². The van der Waals surface area contributed by atoms with Crippen LogP contribution in [0.5, 0.6) is 0 Å². The van der Waals surface area contributed by atoms with E-state index in [4.69, 9.17) is 0 Å². The molecule has 0 aromatic heterocycles. The topological polar surface area (TPSA) is 68.3 Å². The van der Waals surface area contributed by atoms with E-state index in [-0.39, 0.29) is 12.8 Å². The van der Waals surface area contributed by atoms with Crippen molar-refractivity contribution >= 4 is 19.7 Å². The van der Waals surface area contributed by atoms with Gasteiger partial charge in [0.1, 0.15) is 0 Å². The van der Waals surface area contributed by atoms with Crippen molar-refractivity contribution in [3.63, 3.8) is 0 Å². The summed E-state index contributed by atoms with van der Waals surface area (Å²) in [5, 5.41) is 0. The van der Waals surface area contributed by atoms with Crippen molar-refractivity contribution in [3.05, 3.63) is 0 Å². The highest BCUT2D eigenvalue weighted by Crippen LogP contribution is 2.42. The van der Waals surface area contributed by atoms with Crippen LogP contribution in [0, 0.1) is 0 Å². The van der Waals surface area contributed by atoms with Gasteiger partial charge in [0.25, 0.3) is 0 Å². The maximum atomic E-state index is 11.2. The standard InChI is InChI=1S/C6H12O4S2/c1-11(7,8)6(4-3-5-6)12(2,9)10/h3-5H2,1-2H3. The summed E-state index contributed by atoms with van der Waals surface area (Å²) >= 11 is 0. The lowest BCUT2D eigenvalue weighted by atomic mass is 9.99. The molecule has 0 atom stereocenters. The lowest BCUT2D eigenvalue weighted by Gasteiger charge is -2.37. The van der Waals surface area contributed by atoms with Crippen LogP contribution >= 0.6 is 0 Å². The zero-order valence-corrected chi connectivity index (χ0v) is 8.70. The Morgan fingerprint density at radius 1 is 0.917 bits per heavy atom. The summed E-state index contributed by atoms with van der Waals surface area (Å²) in [6.07, 6.45) is 3.18. The van der Waals surface area contributed by atoms with E-state index in [0.29, 0.717) is 6.42 Å². The van der Waals surface area contributed by atoms with Crippen molar-refractivity contribution in [1.29, 1.82) is 0 Å². The second-order valence-corrected chi connectivity index (χ2v) is 8.22. The maximum absolute atomic E-state index is 11.2. The minimum Gasteiger partial charge on any atom is -0.227 e. The Labute approximate surface area is 72.8 Å². The molecule has 0 aromatic rings. The first-order valence-electron chi connectivity index (χ1n) is 3.60. The molecule has 0 saturated heterocycles. The van der Waals surface area contributed by atoms with E-state index in [1.165, 1.54) is 0 Å². The summed E-state index contributed by atoms with van der Waals surface area (Å²) in [5.74, 6) is 0. The van der Waals surface area contributed by atoms with Gasteiger partial charge < -0.3 is 0 Å². The molecule has 1 aliphatic carbocycles. The van der Waals surface area contributed by atoms with Gasteiger partial charge >= 0.3 is 0 Å². The first kappa shape index (κ1) is 9.98. The highest BCUT2D eigenvalue weighted by molar-refractivity contribution is 8.09. The van der Waals surface area contributed by atoms with E-state index >= 15 is 0 Å². The Hall–Kier alpha value is -0.100. The molecular weight excluding hydrogens is 200 g/mol. The first-order valence-corrected chi connectivity index (χ1v) is 7.38. The second-order valence-electron chi connectivity index (χ2n) is 3.31. The largest absolute Gasteiger partial charge is 0.227 e. The molecule has 1 fully saturated rings. The number of hydrogen-bond acceptors (Lipinski definition) is 4. The minimum atomic E-state index is -3.47. The van der Waals surface area contributed by atoms with E-state index in [0.717, 1.165) is 12.5 Å². The van der Waals surface area contributed by atoms with Crippen LogP contribution in [-0.2, 0) is 19.7 Å². The molecule has 0 unspecified atom stereocenters. The highest BCUT2D eigenvalue weighted by Gasteiger charge is 2.54. The van der Waals surface area contributed by atoms with Crippen molar-refractivity contribution in [2.45, 2.75) is 23.3 Å². The van der Waals surface area contributed by atoms with Gasteiger partial charge in [-0.05, 0) is 19.3 Å². The first-order chi connectivity index (χ1) is 5.21. The van der Waals surface area contributed by atoms with Crippen LogP contribution in [0.25, 0.3) is 0 Å². The van der Waals surface area contributed by atoms with Crippen LogP contribution in [0.4, 0.5) is 0 Å². The molecule has 0 radical (unpaired) electrons. The van der Waals surface area contributed by atoms with E-state index in [1.54, 1.807) is 0 Å². The molecule has 0 spiro atoms. The molecule has 0 amide bonds. The zero-order valence-electron chi connectivity index (χ0n) is 7.07. The third kappa shape index (κ3) is 1.17. The van der Waals surface area contributed by atoms with Crippen LogP contribution < -0.4 is 0 Å². The Morgan fingerprint density at radius 2 is 1.25 bits per heavy atom. The van der Waals surface area contributed by atoms with Gasteiger partial charge in [0.15, 0.2) is 23.8 Å². The summed E-state index contributed by atoms with van der Waals surface area (Å²) < 4.78 is 43.4. The van der Waals surface area contributed by atoms with Crippen LogP contribution in [0.3, 0.4) is 0 Å². The average Bonchev–Trinajstić information content (AvgIpc) is 1.47. The lowest BCUT2D eigenvalue weighted by Crippen LogP contribution is -2.50. The van der Waals surface area contributed by atoms with Gasteiger partial charge in [-0.25, -0.2) is 16.8 Å². The van der Waals surface area contributed by atoms with Crippen molar-refractivity contribution in [2.75, 3.05) is 12.5 Å². The van der Waals surface area contributed by atoms with Gasteiger partial charge in [-0.2, -0.15) is 0 Å². The normalized spacial score (nSPS) is 23.2. The minimum absolute atomic E-state index is 0.255. The van der Waals surface area contributed by atoms with Gasteiger partial charge in [-0.15, -0.1) is 0 Å². The Bertz CT molecular complexity index is 338. The summed E-state index contributed by atoms with van der Waals surface area (Å²) in [5.41, 5.74) is 0. The van der Waals surface area contributed by atoms with Gasteiger partial charge in [-0.1, -0.05) is 0 Å². The zero-order chi connectivity index (χ0) is 9.62. The molecular formula is C6H12O4S2. The molecule has 0 aliphatic heterocycles. The van der Waals surface area contributed by atoms with Gasteiger partial charge in [-0.3, -0.25) is 0 Å². The van der Waals surface area contributed by atoms with Crippen LogP contribution in [0.2, 0.25) is 0 Å². The molecule has 1 saturated carbocycles. The van der Waals surface area contributed by atoms with Gasteiger partial charge in [0.2, 0.25) is 0 Å². The summed E-state index contributed by atoms with van der Waals surface area (Å²) in [6.45, 7) is 0. The second kappa shape index (κ2) is 2.45. The summed E-state index contributed by atoms with van der Waals surface area (Å²) in [7, 11) is -6.95. The Balaban J connectivity index is 3.28. The van der Waals surface area contributed by atoms with Crippen molar-refractivity contribution in [2.24, 2.45) is 0 Å². The van der Waals surface area contributed by atoms with Crippen LogP contribution in [-0.4, -0.2) is 33.4 Å². The number of rotatable bonds is 2. The monoisotopic (exact) mass is 212 g/mol. The third-order valence-electron chi connectivity index (χ3n) is 2.47. The highest BCUT2D eigenvalue weighted by atomic mass is 32.3. The SMILES string of the molecule is CS(=O)(=O)C1(S(C)(=O)=O)CCC1. The summed E-state index contributed by atoms with van der Waals surface area (Å²) in [6, 6.07) is 0. The molecule has 12 heavy (non-hydrogen) atoms. The maximum Gasteiger partial charge on any atom is 0.172 e. The fourth-order valence-corrected chi connectivity index (χ4v) is 5.74. The van der Waals surface area contributed by atoms with E-state index in [1.807, 2.05) is 0 Å². The average molecular weight is 212 g/mol. The Morgan fingerprint density at radius 3 is 1.25 bits per heavy atom. The molecule has 0 bridgehead atoms. The summed E-state index contributed by atoms with van der Waals surface area (Å²) in [4.78, 5) is 0. The van der Waals surface area contributed by atoms with Crippen LogP contribution in [0.15, 0.2) is 0 Å². The molecule has 0 N–H and O–H groups in total. The molecule has 1 aliphatic rings. The molecule has 0 aromatic carbocycles. The molecule has 1 rings (SSSR count). The smallest absolute Gasteiger partial charge is 0.172 e. The van der Waals surface area contributed by atoms with Gasteiger partial charge in [0.05, 0.1) is 0 Å².